The lowest BCUT2D eigenvalue weighted by Gasteiger charge is -2.36. The van der Waals surface area contributed by atoms with Gasteiger partial charge in [0.25, 0.3) is 0 Å². The van der Waals surface area contributed by atoms with Gasteiger partial charge < -0.3 is 15.3 Å². The maximum Gasteiger partial charge on any atom is 0.335 e. The van der Waals surface area contributed by atoms with E-state index >= 15 is 0 Å². The molecule has 0 aliphatic carbocycles. The largest absolute Gasteiger partial charge is 0.478 e. The van der Waals surface area contributed by atoms with E-state index in [0.29, 0.717) is 18.7 Å². The lowest BCUT2D eigenvalue weighted by molar-refractivity contribution is 0.0697. The molecule has 0 aromatic heterocycles. The minimum Gasteiger partial charge on any atom is -0.478 e. The molecule has 2 aromatic rings. The quantitative estimate of drug-likeness (QED) is 0.544. The molecule has 1 aliphatic heterocycles. The fourth-order valence-corrected chi connectivity index (χ4v) is 3.40. The van der Waals surface area contributed by atoms with Crippen LogP contribution in [0, 0.1) is 11.3 Å². The minimum absolute atomic E-state index is 0.241. The first kappa shape index (κ1) is 21.3. The molecule has 1 saturated heterocycles. The van der Waals surface area contributed by atoms with Crippen LogP contribution in [0.25, 0.3) is 0 Å². The number of carbonyl (C=O) groups is 1. The van der Waals surface area contributed by atoms with E-state index in [0.717, 1.165) is 45.1 Å². The van der Waals surface area contributed by atoms with Crippen molar-refractivity contribution in [3.05, 3.63) is 65.7 Å². The summed E-state index contributed by atoms with van der Waals surface area (Å²) in [6, 6.07) is 19.2. The molecule has 2 N–H and O–H groups in total. The molecular weight excluding hydrogens is 378 g/mol. The van der Waals surface area contributed by atoms with Crippen LogP contribution in [0.2, 0.25) is 0 Å². The van der Waals surface area contributed by atoms with Crippen LogP contribution in [0.3, 0.4) is 0 Å². The highest BCUT2D eigenvalue weighted by atomic mass is 16.4. The Morgan fingerprint density at radius 1 is 1.10 bits per heavy atom. The highest BCUT2D eigenvalue weighted by Crippen LogP contribution is 2.13. The van der Waals surface area contributed by atoms with E-state index in [1.165, 1.54) is 5.56 Å². The Morgan fingerprint density at radius 3 is 2.57 bits per heavy atom. The number of aliphatic imine (C=N–C) groups is 1. The highest BCUT2D eigenvalue weighted by Gasteiger charge is 2.20. The Kier molecular flexibility index (Phi) is 7.81. The summed E-state index contributed by atoms with van der Waals surface area (Å²) in [7, 11) is 0. The van der Waals surface area contributed by atoms with Crippen molar-refractivity contribution in [2.45, 2.75) is 12.8 Å². The molecule has 1 fully saturated rings. The third kappa shape index (κ3) is 6.33. The number of rotatable bonds is 7. The second-order valence-electron chi connectivity index (χ2n) is 7.19. The van der Waals surface area contributed by atoms with Crippen molar-refractivity contribution < 1.29 is 9.90 Å². The molecule has 0 atom stereocenters. The van der Waals surface area contributed by atoms with E-state index in [1.54, 1.807) is 18.2 Å². The van der Waals surface area contributed by atoms with Gasteiger partial charge in [0.05, 0.1) is 11.6 Å². The maximum absolute atomic E-state index is 11.3. The van der Waals surface area contributed by atoms with Gasteiger partial charge in [-0.05, 0) is 30.2 Å². The first-order valence-electron chi connectivity index (χ1n) is 10.2. The molecule has 0 saturated carbocycles. The molecule has 0 unspecified atom stereocenters. The van der Waals surface area contributed by atoms with Crippen LogP contribution in [-0.2, 0) is 6.42 Å². The SMILES string of the molecule is N#CCCN1CCN(C(=NCCc2ccccc2)Nc2cccc(C(=O)O)c2)CC1. The predicted octanol–water partition coefficient (Wildman–Crippen LogP) is 2.93. The fourth-order valence-electron chi connectivity index (χ4n) is 3.40. The first-order chi connectivity index (χ1) is 14.7. The van der Waals surface area contributed by atoms with Crippen molar-refractivity contribution in [2.24, 2.45) is 4.99 Å². The number of piperazine rings is 1. The Balaban J connectivity index is 1.70. The Bertz CT molecular complexity index is 899. The van der Waals surface area contributed by atoms with Gasteiger partial charge in [0, 0.05) is 51.4 Å². The third-order valence-corrected chi connectivity index (χ3v) is 5.08. The van der Waals surface area contributed by atoms with Crippen LogP contribution in [-0.4, -0.2) is 66.1 Å². The Morgan fingerprint density at radius 2 is 1.87 bits per heavy atom. The molecule has 30 heavy (non-hydrogen) atoms. The van der Waals surface area contributed by atoms with E-state index in [2.05, 4.69) is 33.3 Å². The van der Waals surface area contributed by atoms with Gasteiger partial charge in [-0.15, -0.1) is 0 Å². The van der Waals surface area contributed by atoms with Crippen LogP contribution in [0.5, 0.6) is 0 Å². The summed E-state index contributed by atoms with van der Waals surface area (Å²) in [5.74, 6) is -0.194. The Labute approximate surface area is 177 Å². The summed E-state index contributed by atoms with van der Waals surface area (Å²) >= 11 is 0. The third-order valence-electron chi connectivity index (χ3n) is 5.08. The van der Waals surface area contributed by atoms with Gasteiger partial charge in [0.1, 0.15) is 0 Å². The number of anilines is 1. The number of nitriles is 1. The normalized spacial score (nSPS) is 14.9. The number of aromatic carboxylic acids is 1. The van der Waals surface area contributed by atoms with Crippen LogP contribution in [0.15, 0.2) is 59.6 Å². The molecule has 0 amide bonds. The van der Waals surface area contributed by atoms with Gasteiger partial charge in [-0.3, -0.25) is 9.89 Å². The number of carboxylic acids is 1. The molecule has 0 radical (unpaired) electrons. The van der Waals surface area contributed by atoms with Gasteiger partial charge in [0.15, 0.2) is 5.96 Å². The molecule has 1 heterocycles. The van der Waals surface area contributed by atoms with Crippen LogP contribution >= 0.6 is 0 Å². The number of benzene rings is 2. The van der Waals surface area contributed by atoms with E-state index in [-0.39, 0.29) is 5.56 Å². The second-order valence-corrected chi connectivity index (χ2v) is 7.19. The molecule has 0 spiro atoms. The zero-order chi connectivity index (χ0) is 21.2. The molecule has 1 aliphatic rings. The lowest BCUT2D eigenvalue weighted by Crippen LogP contribution is -2.50. The second kappa shape index (κ2) is 11.0. The van der Waals surface area contributed by atoms with Crippen molar-refractivity contribution in [3.63, 3.8) is 0 Å². The van der Waals surface area contributed by atoms with Crippen molar-refractivity contribution in [1.82, 2.24) is 9.80 Å². The molecule has 0 bridgehead atoms. The standard InChI is InChI=1S/C23H27N5O2/c24-11-5-13-27-14-16-28(17-15-27)23(25-12-10-19-6-2-1-3-7-19)26-21-9-4-8-20(18-21)22(29)30/h1-4,6-9,18H,5,10,12-17H2,(H,25,26)(H,29,30). The number of hydrogen-bond donors (Lipinski definition) is 2. The van der Waals surface area contributed by atoms with Crippen LogP contribution in [0.1, 0.15) is 22.3 Å². The van der Waals surface area contributed by atoms with Crippen molar-refractivity contribution in [3.8, 4) is 6.07 Å². The van der Waals surface area contributed by atoms with E-state index < -0.39 is 5.97 Å². The van der Waals surface area contributed by atoms with Crippen molar-refractivity contribution in [2.75, 3.05) is 44.6 Å². The fraction of sp³-hybridized carbons (Fsp3) is 0.348. The van der Waals surface area contributed by atoms with Crippen molar-refractivity contribution >= 4 is 17.6 Å². The van der Waals surface area contributed by atoms with Gasteiger partial charge in [-0.2, -0.15) is 5.26 Å². The summed E-state index contributed by atoms with van der Waals surface area (Å²) in [4.78, 5) is 20.6. The van der Waals surface area contributed by atoms with E-state index in [9.17, 15) is 9.90 Å². The number of carboxylic acid groups (broad SMARTS) is 1. The molecule has 2 aromatic carbocycles. The van der Waals surface area contributed by atoms with Crippen LogP contribution in [0.4, 0.5) is 5.69 Å². The van der Waals surface area contributed by atoms with Gasteiger partial charge in [-0.1, -0.05) is 36.4 Å². The monoisotopic (exact) mass is 405 g/mol. The average molecular weight is 406 g/mol. The molecule has 156 valence electrons. The number of nitrogens with one attached hydrogen (secondary N) is 1. The topological polar surface area (TPSA) is 92.0 Å². The zero-order valence-corrected chi connectivity index (χ0v) is 17.0. The van der Waals surface area contributed by atoms with E-state index in [4.69, 9.17) is 10.3 Å². The molecule has 7 nitrogen and oxygen atoms in total. The highest BCUT2D eigenvalue weighted by molar-refractivity contribution is 5.95. The number of hydrogen-bond acceptors (Lipinski definition) is 4. The minimum atomic E-state index is -0.952. The summed E-state index contributed by atoms with van der Waals surface area (Å²) < 4.78 is 0. The van der Waals surface area contributed by atoms with Gasteiger partial charge >= 0.3 is 5.97 Å². The summed E-state index contributed by atoms with van der Waals surface area (Å²) in [6.07, 6.45) is 1.38. The average Bonchev–Trinajstić information content (AvgIpc) is 2.78. The number of nitrogens with zero attached hydrogens (tertiary/aromatic N) is 4. The maximum atomic E-state index is 11.3. The molecule has 3 rings (SSSR count). The van der Waals surface area contributed by atoms with Gasteiger partial charge in [0.2, 0.25) is 0 Å². The van der Waals surface area contributed by atoms with Crippen molar-refractivity contribution in [1.29, 1.82) is 5.26 Å². The summed E-state index contributed by atoms with van der Waals surface area (Å²) in [5.41, 5.74) is 2.18. The lowest BCUT2D eigenvalue weighted by atomic mass is 10.1. The first-order valence-corrected chi connectivity index (χ1v) is 10.2. The molecule has 7 heteroatoms. The molecular formula is C23H27N5O2. The summed E-state index contributed by atoms with van der Waals surface area (Å²) in [6.45, 7) is 4.79. The smallest absolute Gasteiger partial charge is 0.335 e. The summed E-state index contributed by atoms with van der Waals surface area (Å²) in [5, 5.41) is 21.4. The van der Waals surface area contributed by atoms with E-state index in [1.807, 2.05) is 24.3 Å². The number of guanidine groups is 1. The van der Waals surface area contributed by atoms with Crippen LogP contribution < -0.4 is 5.32 Å². The predicted molar refractivity (Wildman–Crippen MR) is 118 cm³/mol. The Hall–Kier alpha value is -3.37. The zero-order valence-electron chi connectivity index (χ0n) is 17.0. The van der Waals surface area contributed by atoms with Gasteiger partial charge in [-0.25, -0.2) is 4.79 Å².